The van der Waals surface area contributed by atoms with Crippen LogP contribution in [0, 0.1) is 0 Å². The lowest BCUT2D eigenvalue weighted by Gasteiger charge is -2.17. The van der Waals surface area contributed by atoms with E-state index < -0.39 is 6.04 Å². The predicted molar refractivity (Wildman–Crippen MR) is 76.3 cm³/mol. The number of carbonyl (C=O) groups is 2. The van der Waals surface area contributed by atoms with Crippen LogP contribution in [0.15, 0.2) is 24.3 Å². The van der Waals surface area contributed by atoms with Crippen LogP contribution in [0.3, 0.4) is 0 Å². The highest BCUT2D eigenvalue weighted by atomic mass is 32.1. The maximum absolute atomic E-state index is 11.7. The second-order valence-corrected chi connectivity index (χ2v) is 4.53. The van der Waals surface area contributed by atoms with Crippen molar-refractivity contribution in [3.8, 4) is 5.75 Å². The zero-order valence-corrected chi connectivity index (χ0v) is 11.6. The Balaban J connectivity index is 2.71. The van der Waals surface area contributed by atoms with Crippen LogP contribution >= 0.6 is 12.6 Å². The number of nitrogens with one attached hydrogen (secondary N) is 2. The van der Waals surface area contributed by atoms with E-state index in [1.165, 1.54) is 7.05 Å². The average Bonchev–Trinajstić information content (AvgIpc) is 2.40. The highest BCUT2D eigenvalue weighted by molar-refractivity contribution is 7.80. The van der Waals surface area contributed by atoms with Crippen molar-refractivity contribution in [3.05, 3.63) is 29.8 Å². The lowest BCUT2D eigenvalue weighted by molar-refractivity contribution is -0.128. The monoisotopic (exact) mass is 282 g/mol. The Bertz CT molecular complexity index is 434. The molecule has 3 N–H and O–H groups in total. The van der Waals surface area contributed by atoms with E-state index in [9.17, 15) is 14.7 Å². The van der Waals surface area contributed by atoms with Gasteiger partial charge in [0.1, 0.15) is 11.8 Å². The standard InChI is InChI=1S/C13H18N2O3S/c1-14-13(18)11(15-12(17)6-7-19)8-9-2-4-10(16)5-3-9/h2-5,11,16,19H,6-8H2,1H3,(H,14,18)(H,15,17). The first-order chi connectivity index (χ1) is 9.06. The molecule has 19 heavy (non-hydrogen) atoms. The van der Waals surface area contributed by atoms with Crippen molar-refractivity contribution < 1.29 is 14.7 Å². The molecule has 0 aliphatic rings. The molecule has 0 aromatic heterocycles. The van der Waals surface area contributed by atoms with E-state index >= 15 is 0 Å². The van der Waals surface area contributed by atoms with E-state index in [4.69, 9.17) is 0 Å². The third kappa shape index (κ3) is 5.21. The predicted octanol–water partition coefficient (Wildman–Crippen LogP) is 0.485. The Kier molecular flexibility index (Phi) is 6.21. The molecule has 0 saturated heterocycles. The molecule has 0 heterocycles. The van der Waals surface area contributed by atoms with Gasteiger partial charge in [-0.05, 0) is 23.4 Å². The summed E-state index contributed by atoms with van der Waals surface area (Å²) >= 11 is 3.98. The zero-order valence-electron chi connectivity index (χ0n) is 10.7. The molecule has 0 saturated carbocycles. The smallest absolute Gasteiger partial charge is 0.242 e. The molecule has 2 amide bonds. The number of likely N-dealkylation sites (N-methyl/N-ethyl adjacent to an activating group) is 1. The van der Waals surface area contributed by atoms with E-state index in [1.807, 2.05) is 0 Å². The first-order valence-corrected chi connectivity index (χ1v) is 6.59. The number of phenolic OH excluding ortho intramolecular Hbond substituents is 1. The second-order valence-electron chi connectivity index (χ2n) is 4.08. The van der Waals surface area contributed by atoms with Gasteiger partial charge in [0.15, 0.2) is 0 Å². The van der Waals surface area contributed by atoms with E-state index in [1.54, 1.807) is 24.3 Å². The van der Waals surface area contributed by atoms with Gasteiger partial charge in [-0.2, -0.15) is 12.6 Å². The minimum Gasteiger partial charge on any atom is -0.508 e. The minimum absolute atomic E-state index is 0.166. The van der Waals surface area contributed by atoms with Gasteiger partial charge in [0.2, 0.25) is 11.8 Å². The summed E-state index contributed by atoms with van der Waals surface area (Å²) in [4.78, 5) is 23.3. The number of benzene rings is 1. The molecule has 1 aromatic rings. The lowest BCUT2D eigenvalue weighted by Crippen LogP contribution is -2.47. The molecular weight excluding hydrogens is 264 g/mol. The van der Waals surface area contributed by atoms with Crippen LogP contribution in [0.1, 0.15) is 12.0 Å². The lowest BCUT2D eigenvalue weighted by atomic mass is 10.0. The molecule has 104 valence electrons. The normalized spacial score (nSPS) is 11.7. The number of hydrogen-bond donors (Lipinski definition) is 4. The van der Waals surface area contributed by atoms with Crippen LogP contribution in [0.5, 0.6) is 5.75 Å². The fraction of sp³-hybridized carbons (Fsp3) is 0.385. The first-order valence-electron chi connectivity index (χ1n) is 5.96. The summed E-state index contributed by atoms with van der Waals surface area (Å²) in [6.07, 6.45) is 0.643. The van der Waals surface area contributed by atoms with Crippen LogP contribution < -0.4 is 10.6 Å². The van der Waals surface area contributed by atoms with Gasteiger partial charge in [0, 0.05) is 19.9 Å². The maximum atomic E-state index is 11.7. The summed E-state index contributed by atoms with van der Waals surface area (Å²) in [5, 5.41) is 14.4. The summed E-state index contributed by atoms with van der Waals surface area (Å²) in [7, 11) is 1.52. The molecule has 1 aromatic carbocycles. The van der Waals surface area contributed by atoms with Crippen LogP contribution in [-0.4, -0.2) is 35.8 Å². The van der Waals surface area contributed by atoms with Crippen molar-refractivity contribution in [3.63, 3.8) is 0 Å². The van der Waals surface area contributed by atoms with Crippen LogP contribution in [0.25, 0.3) is 0 Å². The van der Waals surface area contributed by atoms with Gasteiger partial charge < -0.3 is 15.7 Å². The average molecular weight is 282 g/mol. The number of carbonyl (C=O) groups excluding carboxylic acids is 2. The maximum Gasteiger partial charge on any atom is 0.242 e. The summed E-state index contributed by atoms with van der Waals surface area (Å²) in [5.41, 5.74) is 0.859. The van der Waals surface area contributed by atoms with Gasteiger partial charge >= 0.3 is 0 Å². The van der Waals surface area contributed by atoms with Gasteiger partial charge in [-0.3, -0.25) is 9.59 Å². The Morgan fingerprint density at radius 1 is 1.32 bits per heavy atom. The molecule has 0 bridgehead atoms. The number of aromatic hydroxyl groups is 1. The van der Waals surface area contributed by atoms with E-state index in [2.05, 4.69) is 23.3 Å². The minimum atomic E-state index is -0.623. The quantitative estimate of drug-likeness (QED) is 0.573. The van der Waals surface area contributed by atoms with Crippen molar-refractivity contribution in [1.82, 2.24) is 10.6 Å². The Labute approximate surface area is 117 Å². The summed E-state index contributed by atoms with van der Waals surface area (Å²) in [6, 6.07) is 5.91. The van der Waals surface area contributed by atoms with Gasteiger partial charge in [0.05, 0.1) is 0 Å². The van der Waals surface area contributed by atoms with Crippen molar-refractivity contribution in [2.75, 3.05) is 12.8 Å². The molecule has 5 nitrogen and oxygen atoms in total. The van der Waals surface area contributed by atoms with Gasteiger partial charge in [-0.25, -0.2) is 0 Å². The first kappa shape index (κ1) is 15.4. The highest BCUT2D eigenvalue weighted by Crippen LogP contribution is 2.11. The molecule has 0 radical (unpaired) electrons. The highest BCUT2D eigenvalue weighted by Gasteiger charge is 2.19. The van der Waals surface area contributed by atoms with Crippen molar-refractivity contribution >= 4 is 24.4 Å². The number of thiol groups is 1. The van der Waals surface area contributed by atoms with Crippen molar-refractivity contribution in [2.45, 2.75) is 18.9 Å². The van der Waals surface area contributed by atoms with Gasteiger partial charge in [-0.15, -0.1) is 0 Å². The molecule has 0 aliphatic heterocycles. The van der Waals surface area contributed by atoms with E-state index in [0.717, 1.165) is 5.56 Å². The molecular formula is C13H18N2O3S. The molecule has 0 aliphatic carbocycles. The molecule has 1 unspecified atom stereocenters. The van der Waals surface area contributed by atoms with Crippen LogP contribution in [0.2, 0.25) is 0 Å². The number of phenols is 1. The SMILES string of the molecule is CNC(=O)C(Cc1ccc(O)cc1)NC(=O)CCS. The zero-order chi connectivity index (χ0) is 14.3. The third-order valence-corrected chi connectivity index (χ3v) is 2.84. The van der Waals surface area contributed by atoms with Crippen LogP contribution in [-0.2, 0) is 16.0 Å². The fourth-order valence-corrected chi connectivity index (χ4v) is 1.82. The van der Waals surface area contributed by atoms with E-state index in [-0.39, 0.29) is 24.0 Å². The molecule has 0 spiro atoms. The number of rotatable bonds is 6. The largest absolute Gasteiger partial charge is 0.508 e. The summed E-state index contributed by atoms with van der Waals surface area (Å²) < 4.78 is 0. The third-order valence-electron chi connectivity index (χ3n) is 2.61. The molecule has 6 heteroatoms. The summed E-state index contributed by atoms with van der Waals surface area (Å²) in [5.74, 6) is 0.147. The molecule has 0 fully saturated rings. The topological polar surface area (TPSA) is 78.4 Å². The number of amides is 2. The number of hydrogen-bond acceptors (Lipinski definition) is 4. The van der Waals surface area contributed by atoms with Gasteiger partial charge in [0.25, 0.3) is 0 Å². The fourth-order valence-electron chi connectivity index (χ4n) is 1.62. The Morgan fingerprint density at radius 3 is 2.47 bits per heavy atom. The van der Waals surface area contributed by atoms with Gasteiger partial charge in [-0.1, -0.05) is 12.1 Å². The Morgan fingerprint density at radius 2 is 1.95 bits per heavy atom. The van der Waals surface area contributed by atoms with E-state index in [0.29, 0.717) is 12.2 Å². The van der Waals surface area contributed by atoms with Crippen molar-refractivity contribution in [1.29, 1.82) is 0 Å². The molecule has 1 atom stereocenters. The Hall–Kier alpha value is -1.69. The summed E-state index contributed by atoms with van der Waals surface area (Å²) in [6.45, 7) is 0. The second kappa shape index (κ2) is 7.68. The van der Waals surface area contributed by atoms with Crippen molar-refractivity contribution in [2.24, 2.45) is 0 Å². The van der Waals surface area contributed by atoms with Crippen LogP contribution in [0.4, 0.5) is 0 Å². The molecule has 1 rings (SSSR count).